The second kappa shape index (κ2) is 7.86. The van der Waals surface area contributed by atoms with Gasteiger partial charge in [-0.05, 0) is 55.0 Å². The predicted octanol–water partition coefficient (Wildman–Crippen LogP) is 3.38. The highest BCUT2D eigenvalue weighted by Crippen LogP contribution is 2.29. The summed E-state index contributed by atoms with van der Waals surface area (Å²) in [5.74, 6) is 1.39. The third kappa shape index (κ3) is 3.70. The highest BCUT2D eigenvalue weighted by molar-refractivity contribution is 5.96. The molecule has 4 nitrogen and oxygen atoms in total. The molecule has 0 aromatic heterocycles. The minimum atomic E-state index is -0.147. The van der Waals surface area contributed by atoms with Gasteiger partial charge in [0.2, 0.25) is 0 Å². The lowest BCUT2D eigenvalue weighted by Gasteiger charge is -2.19. The number of carbonyl (C=O) groups excluding carboxylic acids is 1. The van der Waals surface area contributed by atoms with Gasteiger partial charge in [0.05, 0.1) is 19.2 Å². The van der Waals surface area contributed by atoms with Crippen LogP contribution < -0.4 is 14.8 Å². The van der Waals surface area contributed by atoms with Gasteiger partial charge in [0.15, 0.2) is 0 Å². The minimum absolute atomic E-state index is 0.147. The number of hydrogen-bond donors (Lipinski definition) is 1. The number of amides is 1. The van der Waals surface area contributed by atoms with Crippen LogP contribution >= 0.6 is 0 Å². The summed E-state index contributed by atoms with van der Waals surface area (Å²) in [4.78, 5) is 12.2. The van der Waals surface area contributed by atoms with E-state index in [1.807, 2.05) is 24.3 Å². The highest BCUT2D eigenvalue weighted by atomic mass is 16.5. The topological polar surface area (TPSA) is 47.6 Å². The molecule has 126 valence electrons. The number of aryl methyl sites for hydroxylation is 1. The first kappa shape index (κ1) is 16.4. The van der Waals surface area contributed by atoms with E-state index < -0.39 is 0 Å². The van der Waals surface area contributed by atoms with Gasteiger partial charge in [-0.15, -0.1) is 0 Å². The standard InChI is InChI=1S/C20H23NO3/c1-23-18-11-5-4-10-17(18)20(22)21-13-14-24-19-12-6-8-15-7-2-3-9-16(15)19/h4-6,8,10-12H,2-3,7,9,13-14H2,1H3,(H,21,22). The van der Waals surface area contributed by atoms with Gasteiger partial charge in [0.1, 0.15) is 18.1 Å². The fourth-order valence-electron chi connectivity index (χ4n) is 3.13. The zero-order chi connectivity index (χ0) is 16.8. The summed E-state index contributed by atoms with van der Waals surface area (Å²) in [6.07, 6.45) is 4.69. The van der Waals surface area contributed by atoms with Crippen LogP contribution in [0.4, 0.5) is 0 Å². The van der Waals surface area contributed by atoms with Crippen molar-refractivity contribution in [3.8, 4) is 11.5 Å². The van der Waals surface area contributed by atoms with Crippen molar-refractivity contribution >= 4 is 5.91 Å². The molecule has 4 heteroatoms. The summed E-state index contributed by atoms with van der Waals surface area (Å²) >= 11 is 0. The fraction of sp³-hybridized carbons (Fsp3) is 0.350. The van der Waals surface area contributed by atoms with Crippen LogP contribution in [0.2, 0.25) is 0 Å². The van der Waals surface area contributed by atoms with Crippen molar-refractivity contribution in [1.82, 2.24) is 5.32 Å². The number of benzene rings is 2. The number of para-hydroxylation sites is 1. The number of fused-ring (bicyclic) bond motifs is 1. The van der Waals surface area contributed by atoms with Gasteiger partial charge in [0.25, 0.3) is 5.91 Å². The van der Waals surface area contributed by atoms with Gasteiger partial charge in [-0.25, -0.2) is 0 Å². The molecule has 0 bridgehead atoms. The first-order valence-corrected chi connectivity index (χ1v) is 8.44. The minimum Gasteiger partial charge on any atom is -0.496 e. The third-order valence-electron chi connectivity index (χ3n) is 4.35. The van der Waals surface area contributed by atoms with Crippen LogP contribution in [-0.2, 0) is 12.8 Å². The van der Waals surface area contributed by atoms with Crippen LogP contribution in [0.5, 0.6) is 11.5 Å². The molecular formula is C20H23NO3. The van der Waals surface area contributed by atoms with Gasteiger partial charge in [-0.1, -0.05) is 24.3 Å². The molecule has 0 radical (unpaired) electrons. The van der Waals surface area contributed by atoms with Crippen LogP contribution in [0.15, 0.2) is 42.5 Å². The Morgan fingerprint density at radius 1 is 1.04 bits per heavy atom. The molecule has 0 aliphatic heterocycles. The average molecular weight is 325 g/mol. The number of rotatable bonds is 6. The fourth-order valence-corrected chi connectivity index (χ4v) is 3.13. The van der Waals surface area contributed by atoms with Gasteiger partial charge >= 0.3 is 0 Å². The Kier molecular flexibility index (Phi) is 5.36. The zero-order valence-corrected chi connectivity index (χ0v) is 14.0. The molecule has 0 atom stereocenters. The Balaban J connectivity index is 1.53. The summed E-state index contributed by atoms with van der Waals surface area (Å²) in [5.41, 5.74) is 3.27. The maximum Gasteiger partial charge on any atom is 0.255 e. The molecule has 2 aromatic carbocycles. The number of nitrogens with one attached hydrogen (secondary N) is 1. The van der Waals surface area contributed by atoms with E-state index in [9.17, 15) is 4.79 Å². The molecule has 1 aliphatic carbocycles. The van der Waals surface area contributed by atoms with Crippen LogP contribution in [0.1, 0.15) is 34.3 Å². The summed E-state index contributed by atoms with van der Waals surface area (Å²) in [6.45, 7) is 0.915. The molecule has 0 heterocycles. The van der Waals surface area contributed by atoms with Gasteiger partial charge in [-0.3, -0.25) is 4.79 Å². The summed E-state index contributed by atoms with van der Waals surface area (Å²) < 4.78 is 11.1. The molecule has 0 saturated heterocycles. The van der Waals surface area contributed by atoms with Crippen LogP contribution in [0.3, 0.4) is 0 Å². The van der Waals surface area contributed by atoms with Crippen LogP contribution in [0, 0.1) is 0 Å². The van der Waals surface area contributed by atoms with E-state index >= 15 is 0 Å². The van der Waals surface area contributed by atoms with Gasteiger partial charge in [-0.2, -0.15) is 0 Å². The van der Waals surface area contributed by atoms with Crippen molar-refractivity contribution in [2.45, 2.75) is 25.7 Å². The largest absolute Gasteiger partial charge is 0.496 e. The smallest absolute Gasteiger partial charge is 0.255 e. The van der Waals surface area contributed by atoms with E-state index in [4.69, 9.17) is 9.47 Å². The van der Waals surface area contributed by atoms with E-state index in [1.54, 1.807) is 19.2 Å². The Hall–Kier alpha value is -2.49. The molecule has 1 amide bonds. The molecule has 0 spiro atoms. The number of methoxy groups -OCH3 is 1. The van der Waals surface area contributed by atoms with E-state index in [2.05, 4.69) is 11.4 Å². The van der Waals surface area contributed by atoms with Crippen LogP contribution in [0.25, 0.3) is 0 Å². The van der Waals surface area contributed by atoms with Crippen molar-refractivity contribution in [2.75, 3.05) is 20.3 Å². The highest BCUT2D eigenvalue weighted by Gasteiger charge is 2.14. The van der Waals surface area contributed by atoms with Crippen molar-refractivity contribution in [1.29, 1.82) is 0 Å². The quantitative estimate of drug-likeness (QED) is 0.828. The maximum absolute atomic E-state index is 12.2. The van der Waals surface area contributed by atoms with E-state index in [0.29, 0.717) is 24.5 Å². The maximum atomic E-state index is 12.2. The first-order valence-electron chi connectivity index (χ1n) is 8.44. The van der Waals surface area contributed by atoms with Crippen molar-refractivity contribution < 1.29 is 14.3 Å². The number of ether oxygens (including phenoxy) is 2. The predicted molar refractivity (Wildman–Crippen MR) is 93.9 cm³/mol. The molecular weight excluding hydrogens is 302 g/mol. The lowest BCUT2D eigenvalue weighted by atomic mass is 9.91. The number of carbonyl (C=O) groups is 1. The molecule has 1 N–H and O–H groups in total. The van der Waals surface area contributed by atoms with E-state index in [-0.39, 0.29) is 5.91 Å². The van der Waals surface area contributed by atoms with Gasteiger partial charge < -0.3 is 14.8 Å². The Morgan fingerprint density at radius 2 is 1.83 bits per heavy atom. The van der Waals surface area contributed by atoms with Crippen molar-refractivity contribution in [3.63, 3.8) is 0 Å². The second-order valence-corrected chi connectivity index (χ2v) is 5.91. The Morgan fingerprint density at radius 3 is 2.71 bits per heavy atom. The summed E-state index contributed by atoms with van der Waals surface area (Å²) in [6, 6.07) is 13.5. The SMILES string of the molecule is COc1ccccc1C(=O)NCCOc1cccc2c1CCCC2. The van der Waals surface area contributed by atoms with Crippen LogP contribution in [-0.4, -0.2) is 26.2 Å². The van der Waals surface area contributed by atoms with Crippen molar-refractivity contribution in [3.05, 3.63) is 59.2 Å². The Bertz CT molecular complexity index is 712. The molecule has 3 rings (SSSR count). The number of hydrogen-bond acceptors (Lipinski definition) is 3. The van der Waals surface area contributed by atoms with Gasteiger partial charge in [0, 0.05) is 0 Å². The molecule has 24 heavy (non-hydrogen) atoms. The molecule has 0 unspecified atom stereocenters. The normalized spacial score (nSPS) is 13.0. The molecule has 2 aromatic rings. The average Bonchev–Trinajstić information content (AvgIpc) is 2.65. The van der Waals surface area contributed by atoms with E-state index in [1.165, 1.54) is 24.0 Å². The second-order valence-electron chi connectivity index (χ2n) is 5.91. The Labute approximate surface area is 142 Å². The lowest BCUT2D eigenvalue weighted by Crippen LogP contribution is -2.28. The summed E-state index contributed by atoms with van der Waals surface area (Å²) in [7, 11) is 1.56. The lowest BCUT2D eigenvalue weighted by molar-refractivity contribution is 0.0944. The zero-order valence-electron chi connectivity index (χ0n) is 14.0. The molecule has 0 saturated carbocycles. The molecule has 1 aliphatic rings. The monoisotopic (exact) mass is 325 g/mol. The molecule has 0 fully saturated rings. The van der Waals surface area contributed by atoms with Crippen molar-refractivity contribution in [2.24, 2.45) is 0 Å². The first-order chi connectivity index (χ1) is 11.8. The third-order valence-corrected chi connectivity index (χ3v) is 4.35. The van der Waals surface area contributed by atoms with E-state index in [0.717, 1.165) is 18.6 Å². The summed E-state index contributed by atoms with van der Waals surface area (Å²) in [5, 5.41) is 2.88.